The Kier molecular flexibility index (Phi) is 6.49. The van der Waals surface area contributed by atoms with Crippen LogP contribution in [0.25, 0.3) is 0 Å². The van der Waals surface area contributed by atoms with E-state index in [1.807, 2.05) is 30.4 Å². The molecule has 0 aromatic heterocycles. The van der Waals surface area contributed by atoms with Crippen molar-refractivity contribution in [2.24, 2.45) is 11.8 Å². The van der Waals surface area contributed by atoms with Crippen LogP contribution in [0.4, 0.5) is 0 Å². The van der Waals surface area contributed by atoms with E-state index in [0.29, 0.717) is 5.75 Å². The predicted molar refractivity (Wildman–Crippen MR) is 91.0 cm³/mol. The van der Waals surface area contributed by atoms with Gasteiger partial charge in [0.2, 0.25) is 0 Å². The van der Waals surface area contributed by atoms with Gasteiger partial charge in [-0.2, -0.15) is 0 Å². The van der Waals surface area contributed by atoms with Crippen molar-refractivity contribution in [3.05, 3.63) is 53.1 Å². The molecule has 0 radical (unpaired) electrons. The number of rotatable bonds is 7. The molecule has 3 unspecified atom stereocenters. The van der Waals surface area contributed by atoms with E-state index in [9.17, 15) is 10.2 Å². The van der Waals surface area contributed by atoms with Crippen LogP contribution in [0.2, 0.25) is 0 Å². The lowest BCUT2D eigenvalue weighted by Crippen LogP contribution is -2.30. The molecule has 120 valence electrons. The molecule has 1 aliphatic rings. The fourth-order valence-corrected chi connectivity index (χ4v) is 3.01. The summed E-state index contributed by atoms with van der Waals surface area (Å²) in [6.07, 6.45) is 7.15. The first-order valence-corrected chi connectivity index (χ1v) is 8.16. The molecule has 0 aliphatic heterocycles. The van der Waals surface area contributed by atoms with Crippen molar-refractivity contribution in [3.63, 3.8) is 0 Å². The van der Waals surface area contributed by atoms with Gasteiger partial charge in [0, 0.05) is 11.0 Å². The Morgan fingerprint density at radius 2 is 1.95 bits per heavy atom. The Morgan fingerprint density at radius 3 is 2.64 bits per heavy atom. The average molecular weight is 322 g/mol. The Hall–Kier alpha value is -1.29. The van der Waals surface area contributed by atoms with E-state index >= 15 is 0 Å². The minimum absolute atomic E-state index is 0.140. The van der Waals surface area contributed by atoms with Gasteiger partial charge < -0.3 is 15.5 Å². The number of halogens is 1. The SMILES string of the molecule is CC1C=C(Cl)C=CC1C(O)CCNCCc1ccc(O)cc1. The number of aromatic hydroxyl groups is 1. The maximum absolute atomic E-state index is 10.3. The van der Waals surface area contributed by atoms with Gasteiger partial charge in [-0.1, -0.05) is 42.8 Å². The fourth-order valence-electron chi connectivity index (χ4n) is 2.74. The van der Waals surface area contributed by atoms with Crippen LogP contribution < -0.4 is 5.32 Å². The minimum atomic E-state index is -0.353. The van der Waals surface area contributed by atoms with Crippen molar-refractivity contribution in [1.29, 1.82) is 0 Å². The molecule has 0 bridgehead atoms. The largest absolute Gasteiger partial charge is 0.508 e. The number of aliphatic hydroxyl groups excluding tert-OH is 1. The van der Waals surface area contributed by atoms with Crippen molar-refractivity contribution in [3.8, 4) is 5.75 Å². The van der Waals surface area contributed by atoms with Crippen LogP contribution >= 0.6 is 11.6 Å². The quantitative estimate of drug-likeness (QED) is 0.676. The number of hydrogen-bond donors (Lipinski definition) is 3. The topological polar surface area (TPSA) is 52.5 Å². The molecule has 0 amide bonds. The molecular weight excluding hydrogens is 298 g/mol. The third-order valence-electron chi connectivity index (χ3n) is 4.09. The van der Waals surface area contributed by atoms with Gasteiger partial charge in [0.05, 0.1) is 6.10 Å². The summed E-state index contributed by atoms with van der Waals surface area (Å²) in [7, 11) is 0. The molecule has 3 atom stereocenters. The van der Waals surface area contributed by atoms with E-state index in [2.05, 4.69) is 12.2 Å². The second kappa shape index (κ2) is 8.37. The van der Waals surface area contributed by atoms with Crippen LogP contribution in [0.3, 0.4) is 0 Å². The van der Waals surface area contributed by atoms with Gasteiger partial charge in [-0.05, 0) is 55.6 Å². The molecule has 1 aromatic carbocycles. The second-order valence-electron chi connectivity index (χ2n) is 5.87. The van der Waals surface area contributed by atoms with Gasteiger partial charge >= 0.3 is 0 Å². The third-order valence-corrected chi connectivity index (χ3v) is 4.35. The predicted octanol–water partition coefficient (Wildman–Crippen LogP) is 3.22. The van der Waals surface area contributed by atoms with Crippen LogP contribution in [0, 0.1) is 11.8 Å². The zero-order valence-electron chi connectivity index (χ0n) is 12.9. The molecule has 0 saturated carbocycles. The number of hydrogen-bond acceptors (Lipinski definition) is 3. The van der Waals surface area contributed by atoms with Crippen molar-refractivity contribution in [2.75, 3.05) is 13.1 Å². The van der Waals surface area contributed by atoms with Gasteiger partial charge in [-0.15, -0.1) is 0 Å². The summed E-state index contributed by atoms with van der Waals surface area (Å²) in [6, 6.07) is 7.26. The molecule has 1 aliphatic carbocycles. The number of aliphatic hydroxyl groups is 1. The molecule has 22 heavy (non-hydrogen) atoms. The lowest BCUT2D eigenvalue weighted by Gasteiger charge is -2.26. The van der Waals surface area contributed by atoms with Crippen LogP contribution in [0.15, 0.2) is 47.5 Å². The van der Waals surface area contributed by atoms with E-state index in [1.165, 1.54) is 5.56 Å². The van der Waals surface area contributed by atoms with Gasteiger partial charge in [0.1, 0.15) is 5.75 Å². The number of allylic oxidation sites excluding steroid dienone is 3. The highest BCUT2D eigenvalue weighted by atomic mass is 35.5. The summed E-state index contributed by atoms with van der Waals surface area (Å²) in [5, 5.41) is 23.6. The van der Waals surface area contributed by atoms with Gasteiger partial charge in [-0.25, -0.2) is 0 Å². The van der Waals surface area contributed by atoms with E-state index in [1.54, 1.807) is 12.1 Å². The fraction of sp³-hybridized carbons (Fsp3) is 0.444. The van der Waals surface area contributed by atoms with Gasteiger partial charge in [0.15, 0.2) is 0 Å². The number of phenolic OH excluding ortho intramolecular Hbond substituents is 1. The lowest BCUT2D eigenvalue weighted by atomic mass is 9.84. The molecule has 1 aromatic rings. The molecule has 3 N–H and O–H groups in total. The lowest BCUT2D eigenvalue weighted by molar-refractivity contribution is 0.104. The zero-order valence-corrected chi connectivity index (χ0v) is 13.6. The molecule has 3 nitrogen and oxygen atoms in total. The maximum atomic E-state index is 10.3. The first kappa shape index (κ1) is 17.1. The van der Waals surface area contributed by atoms with Gasteiger partial charge in [0.25, 0.3) is 0 Å². The summed E-state index contributed by atoms with van der Waals surface area (Å²) in [5.41, 5.74) is 1.19. The van der Waals surface area contributed by atoms with E-state index < -0.39 is 0 Å². The summed E-state index contributed by atoms with van der Waals surface area (Å²) >= 11 is 5.96. The molecule has 0 saturated heterocycles. The average Bonchev–Trinajstić information content (AvgIpc) is 2.48. The first-order chi connectivity index (χ1) is 10.6. The minimum Gasteiger partial charge on any atom is -0.508 e. The summed E-state index contributed by atoms with van der Waals surface area (Å²) in [4.78, 5) is 0. The number of benzene rings is 1. The standard InChI is InChI=1S/C18H24ClNO2/c1-13-12-15(19)4-7-17(13)18(22)9-11-20-10-8-14-2-5-16(21)6-3-14/h2-7,12-13,17-18,20-22H,8-11H2,1H3. The molecule has 2 rings (SSSR count). The van der Waals surface area contributed by atoms with Crippen LogP contribution in [-0.4, -0.2) is 29.4 Å². The van der Waals surface area contributed by atoms with Crippen molar-refractivity contribution in [1.82, 2.24) is 5.32 Å². The van der Waals surface area contributed by atoms with Crippen LogP contribution in [0.5, 0.6) is 5.75 Å². The monoisotopic (exact) mass is 321 g/mol. The van der Waals surface area contributed by atoms with Crippen molar-refractivity contribution < 1.29 is 10.2 Å². The molecule has 0 fully saturated rings. The Labute approximate surface area is 137 Å². The van der Waals surface area contributed by atoms with E-state index in [0.717, 1.165) is 31.0 Å². The van der Waals surface area contributed by atoms with E-state index in [4.69, 9.17) is 11.6 Å². The van der Waals surface area contributed by atoms with Crippen LogP contribution in [0.1, 0.15) is 18.9 Å². The zero-order chi connectivity index (χ0) is 15.9. The second-order valence-corrected chi connectivity index (χ2v) is 6.31. The normalized spacial score (nSPS) is 22.4. The Balaban J connectivity index is 1.64. The summed E-state index contributed by atoms with van der Waals surface area (Å²) < 4.78 is 0. The molecular formula is C18H24ClNO2. The Bertz CT molecular complexity index is 524. The highest BCUT2D eigenvalue weighted by Crippen LogP contribution is 2.28. The van der Waals surface area contributed by atoms with Gasteiger partial charge in [-0.3, -0.25) is 0 Å². The smallest absolute Gasteiger partial charge is 0.115 e. The summed E-state index contributed by atoms with van der Waals surface area (Å²) in [6.45, 7) is 3.73. The Morgan fingerprint density at radius 1 is 1.23 bits per heavy atom. The molecule has 0 heterocycles. The maximum Gasteiger partial charge on any atom is 0.115 e. The highest BCUT2D eigenvalue weighted by molar-refractivity contribution is 6.31. The molecule has 0 spiro atoms. The first-order valence-electron chi connectivity index (χ1n) is 7.78. The highest BCUT2D eigenvalue weighted by Gasteiger charge is 2.23. The van der Waals surface area contributed by atoms with Crippen molar-refractivity contribution >= 4 is 11.6 Å². The molecule has 4 heteroatoms. The van der Waals surface area contributed by atoms with Crippen LogP contribution in [-0.2, 0) is 6.42 Å². The summed E-state index contributed by atoms with van der Waals surface area (Å²) in [5.74, 6) is 0.703. The van der Waals surface area contributed by atoms with Crippen molar-refractivity contribution in [2.45, 2.75) is 25.9 Å². The van der Waals surface area contributed by atoms with E-state index in [-0.39, 0.29) is 17.9 Å². The third kappa shape index (κ3) is 5.16. The number of phenols is 1. The number of nitrogens with one attached hydrogen (secondary N) is 1.